The molecule has 7 heteroatoms. The summed E-state index contributed by atoms with van der Waals surface area (Å²) in [4.78, 5) is 13.0. The van der Waals surface area contributed by atoms with Gasteiger partial charge in [-0.3, -0.25) is 4.57 Å². The van der Waals surface area contributed by atoms with Gasteiger partial charge in [-0.05, 0) is 44.5 Å². The highest BCUT2D eigenvalue weighted by molar-refractivity contribution is 7.90. The maximum Gasteiger partial charge on any atom is 0.343 e. The number of nitrogens with zero attached hydrogens (tertiary/aromatic N) is 2. The topological polar surface area (TPSA) is 73.1 Å². The van der Waals surface area contributed by atoms with Gasteiger partial charge in [0.05, 0.1) is 16.8 Å². The minimum atomic E-state index is -3.64. The van der Waals surface area contributed by atoms with Gasteiger partial charge in [0.25, 0.3) is 0 Å². The average Bonchev–Trinajstić information content (AvgIpc) is 2.88. The molecular weight excluding hydrogens is 326 g/mol. The van der Waals surface area contributed by atoms with Crippen molar-refractivity contribution in [2.75, 3.05) is 18.8 Å². The zero-order valence-corrected chi connectivity index (χ0v) is 14.9. The third-order valence-corrected chi connectivity index (χ3v) is 6.41. The van der Waals surface area contributed by atoms with Crippen molar-refractivity contribution in [3.63, 3.8) is 0 Å². The van der Waals surface area contributed by atoms with Gasteiger partial charge in [0, 0.05) is 6.04 Å². The molecule has 24 heavy (non-hydrogen) atoms. The number of nitrogens with one attached hydrogen (secondary N) is 1. The monoisotopic (exact) mass is 351 g/mol. The summed E-state index contributed by atoms with van der Waals surface area (Å²) in [6.45, 7) is 3.72. The number of rotatable bonds is 6. The van der Waals surface area contributed by atoms with Crippen LogP contribution in [0.25, 0.3) is 11.0 Å². The third kappa shape index (κ3) is 3.15. The Labute approximate surface area is 142 Å². The van der Waals surface area contributed by atoms with E-state index in [-0.39, 0.29) is 11.8 Å². The fourth-order valence-electron chi connectivity index (χ4n) is 3.46. The van der Waals surface area contributed by atoms with E-state index in [9.17, 15) is 13.2 Å². The Bertz CT molecular complexity index is 861. The Morgan fingerprint density at radius 3 is 2.46 bits per heavy atom. The molecule has 1 aliphatic rings. The summed E-state index contributed by atoms with van der Waals surface area (Å²) in [5.74, 6) is 0.0149. The maximum absolute atomic E-state index is 13.0. The molecule has 0 unspecified atom stereocenters. The van der Waals surface area contributed by atoms with Crippen LogP contribution >= 0.6 is 0 Å². The highest BCUT2D eigenvalue weighted by Crippen LogP contribution is 2.24. The van der Waals surface area contributed by atoms with Crippen LogP contribution in [0, 0.1) is 0 Å². The molecule has 3 rings (SSSR count). The van der Waals surface area contributed by atoms with Gasteiger partial charge in [-0.15, -0.1) is 0 Å². The molecule has 1 aromatic carbocycles. The van der Waals surface area contributed by atoms with Crippen LogP contribution in [0.4, 0.5) is 0 Å². The molecule has 132 valence electrons. The summed E-state index contributed by atoms with van der Waals surface area (Å²) in [6.07, 6.45) is 4.05. The molecule has 0 amide bonds. The zero-order valence-electron chi connectivity index (χ0n) is 14.1. The van der Waals surface area contributed by atoms with E-state index in [1.165, 1.54) is 0 Å². The maximum atomic E-state index is 13.0. The van der Waals surface area contributed by atoms with Gasteiger partial charge < -0.3 is 5.32 Å². The van der Waals surface area contributed by atoms with Crippen LogP contribution in [0.5, 0.6) is 0 Å². The molecule has 1 saturated heterocycles. The number of para-hydroxylation sites is 2. The highest BCUT2D eigenvalue weighted by atomic mass is 32.2. The van der Waals surface area contributed by atoms with Gasteiger partial charge in [0.2, 0.25) is 10.0 Å². The number of unbranched alkanes of at least 4 members (excludes halogenated alkanes) is 2. The lowest BCUT2D eigenvalue weighted by Crippen LogP contribution is -2.36. The Kier molecular flexibility index (Phi) is 5.10. The lowest BCUT2D eigenvalue weighted by molar-refractivity contribution is 0.367. The number of hydrogen-bond donors (Lipinski definition) is 1. The Morgan fingerprint density at radius 2 is 1.79 bits per heavy atom. The molecule has 6 nitrogen and oxygen atoms in total. The van der Waals surface area contributed by atoms with Crippen LogP contribution in [0.3, 0.4) is 0 Å². The zero-order chi connectivity index (χ0) is 17.2. The lowest BCUT2D eigenvalue weighted by atomic mass is 10.1. The first kappa shape index (κ1) is 17.2. The van der Waals surface area contributed by atoms with E-state index in [2.05, 4.69) is 5.32 Å². The van der Waals surface area contributed by atoms with Crippen molar-refractivity contribution >= 4 is 21.1 Å². The first-order valence-electron chi connectivity index (χ1n) is 8.72. The molecule has 1 aliphatic heterocycles. The highest BCUT2D eigenvalue weighted by Gasteiger charge is 2.27. The van der Waals surface area contributed by atoms with Crippen LogP contribution in [0.2, 0.25) is 0 Å². The summed E-state index contributed by atoms with van der Waals surface area (Å²) in [6, 6.07) is 7.26. The molecule has 0 bridgehead atoms. The summed E-state index contributed by atoms with van der Waals surface area (Å²) < 4.78 is 28.3. The van der Waals surface area contributed by atoms with Crippen molar-refractivity contribution in [3.05, 3.63) is 34.7 Å². The minimum absolute atomic E-state index is 0.0149. The Hall–Kier alpha value is -1.60. The second kappa shape index (κ2) is 7.11. The quantitative estimate of drug-likeness (QED) is 0.809. The second-order valence-electron chi connectivity index (χ2n) is 6.41. The SMILES string of the molecule is CCCCCS(=O)(=O)n1c(=O)n(C2CCNCC2)c2ccccc21. The third-order valence-electron chi connectivity index (χ3n) is 4.70. The van der Waals surface area contributed by atoms with E-state index in [1.807, 2.05) is 19.1 Å². The van der Waals surface area contributed by atoms with Crippen molar-refractivity contribution in [3.8, 4) is 0 Å². The number of benzene rings is 1. The van der Waals surface area contributed by atoms with Crippen molar-refractivity contribution in [2.45, 2.75) is 45.1 Å². The summed E-state index contributed by atoms with van der Waals surface area (Å²) in [5, 5.41) is 3.28. The van der Waals surface area contributed by atoms with Crippen molar-refractivity contribution in [2.24, 2.45) is 0 Å². The number of hydrogen-bond acceptors (Lipinski definition) is 4. The van der Waals surface area contributed by atoms with Gasteiger partial charge in [0.1, 0.15) is 0 Å². The summed E-state index contributed by atoms with van der Waals surface area (Å²) >= 11 is 0. The number of imidazole rings is 1. The van der Waals surface area contributed by atoms with Crippen LogP contribution in [0.1, 0.15) is 45.1 Å². The van der Waals surface area contributed by atoms with Crippen molar-refractivity contribution in [1.82, 2.24) is 13.9 Å². The predicted octanol–water partition coefficient (Wildman–Crippen LogP) is 2.10. The Balaban J connectivity index is 2.12. The van der Waals surface area contributed by atoms with Crippen molar-refractivity contribution in [1.29, 1.82) is 0 Å². The smallest absolute Gasteiger partial charge is 0.317 e. The van der Waals surface area contributed by atoms with Crippen LogP contribution < -0.4 is 11.0 Å². The molecule has 1 fully saturated rings. The summed E-state index contributed by atoms with van der Waals surface area (Å²) in [7, 11) is -3.64. The van der Waals surface area contributed by atoms with E-state index in [0.717, 1.165) is 42.7 Å². The van der Waals surface area contributed by atoms with E-state index < -0.39 is 15.7 Å². The standard InChI is InChI=1S/C17H25N3O3S/c1-2-3-6-13-24(22,23)20-16-8-5-4-7-15(16)19(17(20)21)14-9-11-18-12-10-14/h4-5,7-8,14,18H,2-3,6,9-13H2,1H3. The molecule has 2 aromatic rings. The van der Waals surface area contributed by atoms with Gasteiger partial charge in [-0.1, -0.05) is 31.9 Å². The van der Waals surface area contributed by atoms with Crippen LogP contribution in [-0.2, 0) is 10.0 Å². The predicted molar refractivity (Wildman–Crippen MR) is 96.0 cm³/mol. The van der Waals surface area contributed by atoms with E-state index in [4.69, 9.17) is 0 Å². The molecule has 1 aromatic heterocycles. The molecule has 2 heterocycles. The lowest BCUT2D eigenvalue weighted by Gasteiger charge is -2.23. The van der Waals surface area contributed by atoms with Gasteiger partial charge in [-0.25, -0.2) is 13.2 Å². The van der Waals surface area contributed by atoms with Gasteiger partial charge in [0.15, 0.2) is 0 Å². The molecule has 0 atom stereocenters. The largest absolute Gasteiger partial charge is 0.343 e. The average molecular weight is 351 g/mol. The molecular formula is C17H25N3O3S. The molecule has 0 radical (unpaired) electrons. The van der Waals surface area contributed by atoms with E-state index in [0.29, 0.717) is 17.5 Å². The molecule has 1 N–H and O–H groups in total. The normalized spacial score (nSPS) is 16.7. The molecule has 0 spiro atoms. The number of piperidine rings is 1. The summed E-state index contributed by atoms with van der Waals surface area (Å²) in [5.41, 5.74) is 0.797. The Morgan fingerprint density at radius 1 is 1.12 bits per heavy atom. The number of fused-ring (bicyclic) bond motifs is 1. The van der Waals surface area contributed by atoms with Gasteiger partial charge >= 0.3 is 5.69 Å². The first-order chi connectivity index (χ1) is 11.6. The molecule has 0 saturated carbocycles. The fraction of sp³-hybridized carbons (Fsp3) is 0.588. The fourth-order valence-corrected chi connectivity index (χ4v) is 4.99. The first-order valence-corrected chi connectivity index (χ1v) is 10.3. The van der Waals surface area contributed by atoms with Crippen LogP contribution in [0.15, 0.2) is 29.1 Å². The minimum Gasteiger partial charge on any atom is -0.317 e. The van der Waals surface area contributed by atoms with E-state index >= 15 is 0 Å². The molecule has 0 aliphatic carbocycles. The second-order valence-corrected chi connectivity index (χ2v) is 8.35. The van der Waals surface area contributed by atoms with Crippen LogP contribution in [-0.4, -0.2) is 35.8 Å². The van der Waals surface area contributed by atoms with E-state index in [1.54, 1.807) is 16.7 Å². The van der Waals surface area contributed by atoms with Gasteiger partial charge in [-0.2, -0.15) is 3.97 Å². The number of aromatic nitrogens is 2. The van der Waals surface area contributed by atoms with Crippen molar-refractivity contribution < 1.29 is 8.42 Å².